The molecule has 3 rings (SSSR count). The Hall–Kier alpha value is -1.32. The normalized spacial score (nSPS) is 19.6. The van der Waals surface area contributed by atoms with E-state index in [1.807, 2.05) is 6.92 Å². The fourth-order valence-electron chi connectivity index (χ4n) is 3.14. The van der Waals surface area contributed by atoms with Crippen LogP contribution in [0, 0.1) is 5.92 Å². The minimum atomic E-state index is -0.543. The van der Waals surface area contributed by atoms with Gasteiger partial charge in [-0.2, -0.15) is 5.10 Å². The summed E-state index contributed by atoms with van der Waals surface area (Å²) in [5, 5.41) is 15.5. The average molecular weight is 291 g/mol. The van der Waals surface area contributed by atoms with Gasteiger partial charge in [0.25, 0.3) is 0 Å². The van der Waals surface area contributed by atoms with Crippen molar-refractivity contribution in [2.75, 3.05) is 0 Å². The molecule has 1 aromatic carbocycles. The molecule has 0 saturated carbocycles. The van der Waals surface area contributed by atoms with Gasteiger partial charge < -0.3 is 5.11 Å². The van der Waals surface area contributed by atoms with E-state index in [1.54, 1.807) is 10.9 Å². The van der Waals surface area contributed by atoms with Gasteiger partial charge in [-0.15, -0.1) is 0 Å². The SMILES string of the molecule is CCn1ncc(Cl)c1C(O)C1CCc2ccccc2C1. The molecule has 2 aromatic rings. The summed E-state index contributed by atoms with van der Waals surface area (Å²) in [5.41, 5.74) is 3.52. The van der Waals surface area contributed by atoms with E-state index in [0.717, 1.165) is 31.5 Å². The average Bonchev–Trinajstić information content (AvgIpc) is 2.87. The zero-order valence-corrected chi connectivity index (χ0v) is 12.3. The van der Waals surface area contributed by atoms with Gasteiger partial charge in [-0.1, -0.05) is 35.9 Å². The number of nitrogens with zero attached hydrogens (tertiary/aromatic N) is 2. The monoisotopic (exact) mass is 290 g/mol. The van der Waals surface area contributed by atoms with Crippen LogP contribution in [-0.2, 0) is 19.4 Å². The van der Waals surface area contributed by atoms with Crippen molar-refractivity contribution in [1.29, 1.82) is 0 Å². The number of rotatable bonds is 3. The minimum Gasteiger partial charge on any atom is -0.386 e. The van der Waals surface area contributed by atoms with Crippen LogP contribution >= 0.6 is 11.6 Å². The Morgan fingerprint density at radius 2 is 2.15 bits per heavy atom. The second kappa shape index (κ2) is 5.58. The maximum Gasteiger partial charge on any atom is 0.100 e. The lowest BCUT2D eigenvalue weighted by Gasteiger charge is -2.29. The zero-order chi connectivity index (χ0) is 14.1. The smallest absolute Gasteiger partial charge is 0.100 e. The standard InChI is InChI=1S/C16H19ClN2O/c1-2-19-15(14(17)10-18-19)16(20)13-8-7-11-5-3-4-6-12(11)9-13/h3-6,10,13,16,20H,2,7-9H2,1H3. The fourth-order valence-corrected chi connectivity index (χ4v) is 3.39. The van der Waals surface area contributed by atoms with Crippen LogP contribution in [0.1, 0.15) is 36.3 Å². The van der Waals surface area contributed by atoms with Crippen molar-refractivity contribution in [3.05, 3.63) is 52.3 Å². The number of aliphatic hydroxyl groups excluding tert-OH is 1. The summed E-state index contributed by atoms with van der Waals surface area (Å²) in [6.07, 6.45) is 4.00. The van der Waals surface area contributed by atoms with E-state index in [-0.39, 0.29) is 5.92 Å². The second-order valence-corrected chi connectivity index (χ2v) is 5.82. The van der Waals surface area contributed by atoms with Gasteiger partial charge in [0.15, 0.2) is 0 Å². The Morgan fingerprint density at radius 1 is 1.40 bits per heavy atom. The third-order valence-electron chi connectivity index (χ3n) is 4.24. The third-order valence-corrected chi connectivity index (χ3v) is 4.54. The van der Waals surface area contributed by atoms with Gasteiger partial charge in [0.2, 0.25) is 0 Å². The van der Waals surface area contributed by atoms with E-state index in [0.29, 0.717) is 5.02 Å². The molecule has 0 fully saturated rings. The predicted octanol–water partition coefficient (Wildman–Crippen LogP) is 3.39. The molecule has 1 N–H and O–H groups in total. The topological polar surface area (TPSA) is 38.0 Å². The highest BCUT2D eigenvalue weighted by molar-refractivity contribution is 6.31. The van der Waals surface area contributed by atoms with Crippen molar-refractivity contribution in [3.8, 4) is 0 Å². The van der Waals surface area contributed by atoms with Crippen LogP contribution in [0.25, 0.3) is 0 Å². The zero-order valence-electron chi connectivity index (χ0n) is 11.6. The molecule has 3 nitrogen and oxygen atoms in total. The molecule has 1 aliphatic rings. The van der Waals surface area contributed by atoms with E-state index in [9.17, 15) is 5.11 Å². The van der Waals surface area contributed by atoms with Crippen molar-refractivity contribution in [1.82, 2.24) is 9.78 Å². The molecule has 106 valence electrons. The first-order valence-electron chi connectivity index (χ1n) is 7.16. The Labute approximate surface area is 124 Å². The van der Waals surface area contributed by atoms with E-state index >= 15 is 0 Å². The number of benzene rings is 1. The largest absolute Gasteiger partial charge is 0.386 e. The minimum absolute atomic E-state index is 0.212. The number of aromatic nitrogens is 2. The van der Waals surface area contributed by atoms with Crippen molar-refractivity contribution < 1.29 is 5.11 Å². The van der Waals surface area contributed by atoms with Gasteiger partial charge in [0.05, 0.1) is 16.9 Å². The molecule has 20 heavy (non-hydrogen) atoms. The molecule has 0 saturated heterocycles. The highest BCUT2D eigenvalue weighted by Gasteiger charge is 2.29. The number of hydrogen-bond acceptors (Lipinski definition) is 2. The van der Waals surface area contributed by atoms with Crippen LogP contribution in [-0.4, -0.2) is 14.9 Å². The van der Waals surface area contributed by atoms with Gasteiger partial charge in [-0.3, -0.25) is 4.68 Å². The lowest BCUT2D eigenvalue weighted by atomic mass is 9.80. The lowest BCUT2D eigenvalue weighted by molar-refractivity contribution is 0.0909. The van der Waals surface area contributed by atoms with Gasteiger partial charge in [0.1, 0.15) is 6.10 Å². The van der Waals surface area contributed by atoms with Gasteiger partial charge in [-0.25, -0.2) is 0 Å². The maximum atomic E-state index is 10.7. The molecule has 0 radical (unpaired) electrons. The van der Waals surface area contributed by atoms with Crippen LogP contribution in [0.5, 0.6) is 0 Å². The molecule has 0 bridgehead atoms. The molecule has 0 aliphatic heterocycles. The maximum absolute atomic E-state index is 10.7. The van der Waals surface area contributed by atoms with E-state index < -0.39 is 6.10 Å². The Bertz CT molecular complexity index is 608. The van der Waals surface area contributed by atoms with Crippen LogP contribution in [0.3, 0.4) is 0 Å². The first kappa shape index (κ1) is 13.7. The number of aryl methyl sites for hydroxylation is 2. The summed E-state index contributed by atoms with van der Waals surface area (Å²) in [4.78, 5) is 0. The quantitative estimate of drug-likeness (QED) is 0.941. The van der Waals surface area contributed by atoms with E-state index in [1.165, 1.54) is 11.1 Å². The summed E-state index contributed by atoms with van der Waals surface area (Å²) in [6, 6.07) is 8.49. The van der Waals surface area contributed by atoms with Crippen molar-refractivity contribution in [2.45, 2.75) is 38.8 Å². The first-order chi connectivity index (χ1) is 9.70. The Morgan fingerprint density at radius 3 is 2.90 bits per heavy atom. The molecular weight excluding hydrogens is 272 g/mol. The van der Waals surface area contributed by atoms with E-state index in [2.05, 4.69) is 29.4 Å². The Kier molecular flexibility index (Phi) is 3.81. The number of hydrogen-bond donors (Lipinski definition) is 1. The van der Waals surface area contributed by atoms with E-state index in [4.69, 9.17) is 11.6 Å². The lowest BCUT2D eigenvalue weighted by Crippen LogP contribution is -2.23. The highest BCUT2D eigenvalue weighted by Crippen LogP contribution is 2.36. The Balaban J connectivity index is 1.85. The number of aliphatic hydroxyl groups is 1. The third kappa shape index (κ3) is 2.36. The van der Waals surface area contributed by atoms with Crippen LogP contribution in [0.15, 0.2) is 30.5 Å². The summed E-state index contributed by atoms with van der Waals surface area (Å²) in [5.74, 6) is 0.212. The molecule has 1 heterocycles. The molecule has 4 heteroatoms. The molecular formula is C16H19ClN2O. The molecule has 0 spiro atoms. The summed E-state index contributed by atoms with van der Waals surface area (Å²) in [6.45, 7) is 2.73. The van der Waals surface area contributed by atoms with Gasteiger partial charge in [-0.05, 0) is 43.2 Å². The molecule has 1 aliphatic carbocycles. The predicted molar refractivity (Wildman–Crippen MR) is 79.8 cm³/mol. The van der Waals surface area contributed by atoms with Crippen LogP contribution in [0.4, 0.5) is 0 Å². The molecule has 1 aromatic heterocycles. The summed E-state index contributed by atoms with van der Waals surface area (Å²) < 4.78 is 1.80. The highest BCUT2D eigenvalue weighted by atomic mass is 35.5. The van der Waals surface area contributed by atoms with Crippen molar-refractivity contribution in [2.24, 2.45) is 5.92 Å². The summed E-state index contributed by atoms with van der Waals surface area (Å²) >= 11 is 6.19. The molecule has 2 atom stereocenters. The van der Waals surface area contributed by atoms with Gasteiger partial charge in [0, 0.05) is 6.54 Å². The second-order valence-electron chi connectivity index (χ2n) is 5.41. The van der Waals surface area contributed by atoms with Crippen molar-refractivity contribution >= 4 is 11.6 Å². The van der Waals surface area contributed by atoms with Crippen LogP contribution in [0.2, 0.25) is 5.02 Å². The molecule has 2 unspecified atom stereocenters. The van der Waals surface area contributed by atoms with Crippen LogP contribution < -0.4 is 0 Å². The fraction of sp³-hybridized carbons (Fsp3) is 0.438. The first-order valence-corrected chi connectivity index (χ1v) is 7.54. The van der Waals surface area contributed by atoms with Crippen molar-refractivity contribution in [3.63, 3.8) is 0 Å². The van der Waals surface area contributed by atoms with Gasteiger partial charge >= 0.3 is 0 Å². The number of fused-ring (bicyclic) bond motifs is 1. The number of halogens is 1. The summed E-state index contributed by atoms with van der Waals surface area (Å²) in [7, 11) is 0. The molecule has 0 amide bonds.